The summed E-state index contributed by atoms with van der Waals surface area (Å²) in [5.41, 5.74) is 0.848. The van der Waals surface area contributed by atoms with E-state index in [-0.39, 0.29) is 37.7 Å². The molecule has 2 atom stereocenters. The first-order valence-corrected chi connectivity index (χ1v) is 9.67. The number of halogens is 2. The van der Waals surface area contributed by atoms with Crippen LogP contribution in [0.1, 0.15) is 17.9 Å². The van der Waals surface area contributed by atoms with E-state index >= 15 is 0 Å². The van der Waals surface area contributed by atoms with Crippen LogP contribution in [-0.4, -0.2) is 84.4 Å². The predicted molar refractivity (Wildman–Crippen MR) is 103 cm³/mol. The zero-order chi connectivity index (χ0) is 19.6. The Morgan fingerprint density at radius 3 is 2.74 bits per heavy atom. The summed E-state index contributed by atoms with van der Waals surface area (Å²) in [5.74, 6) is -0.251. The lowest BCUT2D eigenvalue weighted by Gasteiger charge is -2.37. The number of urea groups is 1. The molecule has 148 valence electrons. The molecule has 1 aromatic rings. The molecule has 0 radical (unpaired) electrons. The molecule has 2 saturated heterocycles. The van der Waals surface area contributed by atoms with Crippen LogP contribution in [-0.2, 0) is 4.74 Å². The number of hydrogen-bond donors (Lipinski definition) is 1. The van der Waals surface area contributed by atoms with Gasteiger partial charge in [-0.05, 0) is 24.1 Å². The molecule has 7 nitrogen and oxygen atoms in total. The van der Waals surface area contributed by atoms with Gasteiger partial charge in [-0.2, -0.15) is 0 Å². The summed E-state index contributed by atoms with van der Waals surface area (Å²) in [6.07, 6.45) is -0.423. The number of nitrogens with zero attached hydrogens (tertiary/aromatic N) is 3. The van der Waals surface area contributed by atoms with Crippen LogP contribution in [0.15, 0.2) is 18.2 Å². The number of amides is 3. The third kappa shape index (κ3) is 4.59. The average Bonchev–Trinajstić information content (AvgIpc) is 2.84. The number of ether oxygens (including phenoxy) is 1. The molecule has 0 saturated carbocycles. The Morgan fingerprint density at radius 2 is 2.04 bits per heavy atom. The second-order valence-electron chi connectivity index (χ2n) is 6.92. The fourth-order valence-electron chi connectivity index (χ4n) is 3.61. The van der Waals surface area contributed by atoms with E-state index in [1.54, 1.807) is 29.0 Å². The number of benzene rings is 1. The number of carboxylic acid groups (broad SMARTS) is 1. The van der Waals surface area contributed by atoms with Crippen LogP contribution in [0.2, 0.25) is 10.0 Å². The zero-order valence-electron chi connectivity index (χ0n) is 15.1. The van der Waals surface area contributed by atoms with Crippen molar-refractivity contribution in [3.63, 3.8) is 0 Å². The average molecular weight is 416 g/mol. The zero-order valence-corrected chi connectivity index (χ0v) is 16.6. The van der Waals surface area contributed by atoms with Crippen molar-refractivity contribution in [1.29, 1.82) is 0 Å². The normalized spacial score (nSPS) is 24.1. The lowest BCUT2D eigenvalue weighted by molar-refractivity contribution is 0.0232. The maximum Gasteiger partial charge on any atom is 0.407 e. The highest BCUT2D eigenvalue weighted by Crippen LogP contribution is 2.31. The van der Waals surface area contributed by atoms with E-state index in [1.165, 1.54) is 4.90 Å². The van der Waals surface area contributed by atoms with Crippen LogP contribution in [0.25, 0.3) is 0 Å². The highest BCUT2D eigenvalue weighted by Gasteiger charge is 2.35. The van der Waals surface area contributed by atoms with E-state index in [4.69, 9.17) is 27.9 Å². The summed E-state index contributed by atoms with van der Waals surface area (Å²) in [6, 6.07) is 5.26. The molecule has 0 bridgehead atoms. The van der Waals surface area contributed by atoms with Crippen LogP contribution in [0, 0.1) is 0 Å². The molecule has 0 aliphatic carbocycles. The first-order valence-electron chi connectivity index (χ1n) is 8.91. The van der Waals surface area contributed by atoms with Crippen molar-refractivity contribution in [1.82, 2.24) is 14.7 Å². The van der Waals surface area contributed by atoms with E-state index in [1.807, 2.05) is 6.07 Å². The molecule has 2 fully saturated rings. The van der Waals surface area contributed by atoms with Crippen molar-refractivity contribution in [3.05, 3.63) is 33.8 Å². The van der Waals surface area contributed by atoms with E-state index in [0.29, 0.717) is 23.1 Å². The van der Waals surface area contributed by atoms with Gasteiger partial charge in [-0.3, -0.25) is 0 Å². The van der Waals surface area contributed by atoms with Crippen molar-refractivity contribution in [3.8, 4) is 0 Å². The van der Waals surface area contributed by atoms with Crippen LogP contribution < -0.4 is 0 Å². The van der Waals surface area contributed by atoms with Crippen molar-refractivity contribution in [2.75, 3.05) is 46.4 Å². The van der Waals surface area contributed by atoms with Gasteiger partial charge in [-0.25, -0.2) is 9.59 Å². The quantitative estimate of drug-likeness (QED) is 0.822. The molecular weight excluding hydrogens is 393 g/mol. The predicted octanol–water partition coefficient (Wildman–Crippen LogP) is 3.21. The molecule has 3 rings (SSSR count). The van der Waals surface area contributed by atoms with Crippen molar-refractivity contribution >= 4 is 35.3 Å². The molecule has 9 heteroatoms. The third-order valence-electron chi connectivity index (χ3n) is 5.12. The van der Waals surface area contributed by atoms with Crippen LogP contribution in [0.3, 0.4) is 0 Å². The highest BCUT2D eigenvalue weighted by molar-refractivity contribution is 6.42. The molecule has 0 unspecified atom stereocenters. The maximum absolute atomic E-state index is 12.5. The summed E-state index contributed by atoms with van der Waals surface area (Å²) in [4.78, 5) is 28.8. The van der Waals surface area contributed by atoms with Gasteiger partial charge in [0.2, 0.25) is 0 Å². The number of carbonyl (C=O) groups is 2. The first-order chi connectivity index (χ1) is 12.9. The van der Waals surface area contributed by atoms with Gasteiger partial charge in [0, 0.05) is 45.7 Å². The van der Waals surface area contributed by atoms with Gasteiger partial charge in [0.1, 0.15) is 0 Å². The molecule has 1 aromatic carbocycles. The van der Waals surface area contributed by atoms with Gasteiger partial charge in [0.25, 0.3) is 0 Å². The third-order valence-corrected chi connectivity index (χ3v) is 5.86. The number of hydrogen-bond acceptors (Lipinski definition) is 3. The Hall–Kier alpha value is -1.70. The SMILES string of the molecule is CN1CCCN(C[C@H]2OCCN(C(=O)O)C[C@H]2c2ccc(Cl)c(Cl)c2)C1=O. The highest BCUT2D eigenvalue weighted by atomic mass is 35.5. The van der Waals surface area contributed by atoms with Crippen molar-refractivity contribution in [2.45, 2.75) is 18.4 Å². The van der Waals surface area contributed by atoms with Gasteiger partial charge in [-0.1, -0.05) is 29.3 Å². The Morgan fingerprint density at radius 1 is 1.26 bits per heavy atom. The van der Waals surface area contributed by atoms with Gasteiger partial charge in [0.05, 0.1) is 22.8 Å². The van der Waals surface area contributed by atoms with E-state index in [9.17, 15) is 14.7 Å². The first kappa shape index (κ1) is 20.0. The molecule has 0 spiro atoms. The lowest BCUT2D eigenvalue weighted by Crippen LogP contribution is -2.51. The largest absolute Gasteiger partial charge is 0.465 e. The van der Waals surface area contributed by atoms with E-state index < -0.39 is 6.09 Å². The van der Waals surface area contributed by atoms with Gasteiger partial charge < -0.3 is 24.5 Å². The van der Waals surface area contributed by atoms with Gasteiger partial charge in [-0.15, -0.1) is 0 Å². The summed E-state index contributed by atoms with van der Waals surface area (Å²) in [6.45, 7) is 2.66. The minimum absolute atomic E-state index is 0.0305. The van der Waals surface area contributed by atoms with E-state index in [2.05, 4.69) is 0 Å². The van der Waals surface area contributed by atoms with Gasteiger partial charge >= 0.3 is 12.1 Å². The summed E-state index contributed by atoms with van der Waals surface area (Å²) in [7, 11) is 1.78. The lowest BCUT2D eigenvalue weighted by atomic mass is 9.92. The van der Waals surface area contributed by atoms with Crippen LogP contribution in [0.5, 0.6) is 0 Å². The summed E-state index contributed by atoms with van der Waals surface area (Å²) >= 11 is 12.2. The summed E-state index contributed by atoms with van der Waals surface area (Å²) in [5, 5.41) is 10.3. The Kier molecular flexibility index (Phi) is 6.34. The van der Waals surface area contributed by atoms with Gasteiger partial charge in [0.15, 0.2) is 0 Å². The maximum atomic E-state index is 12.5. The van der Waals surface area contributed by atoms with E-state index in [0.717, 1.165) is 18.5 Å². The monoisotopic (exact) mass is 415 g/mol. The molecule has 2 aliphatic rings. The van der Waals surface area contributed by atoms with Crippen molar-refractivity contribution in [2.24, 2.45) is 0 Å². The Labute approximate surface area is 168 Å². The molecule has 2 aliphatic heterocycles. The minimum Gasteiger partial charge on any atom is -0.465 e. The van der Waals surface area contributed by atoms with Crippen LogP contribution in [0.4, 0.5) is 9.59 Å². The molecule has 3 amide bonds. The minimum atomic E-state index is -0.988. The molecule has 2 heterocycles. The fourth-order valence-corrected chi connectivity index (χ4v) is 3.92. The Bertz CT molecular complexity index is 718. The van der Waals surface area contributed by atoms with Crippen molar-refractivity contribution < 1.29 is 19.4 Å². The molecule has 0 aromatic heterocycles. The van der Waals surface area contributed by atoms with Crippen LogP contribution >= 0.6 is 23.2 Å². The molecule has 27 heavy (non-hydrogen) atoms. The fraction of sp³-hybridized carbons (Fsp3) is 0.556. The number of rotatable bonds is 3. The topological polar surface area (TPSA) is 73.3 Å². The second-order valence-corrected chi connectivity index (χ2v) is 7.74. The summed E-state index contributed by atoms with van der Waals surface area (Å²) < 4.78 is 6.01. The molecule has 1 N–H and O–H groups in total. The smallest absolute Gasteiger partial charge is 0.407 e. The molecular formula is C18H23Cl2N3O4. The standard InChI is InChI=1S/C18H23Cl2N3O4/c1-21-5-2-6-22(17(21)24)11-16-13(10-23(18(25)26)7-8-27-16)12-3-4-14(19)15(20)9-12/h3-4,9,13,16H,2,5-8,10-11H2,1H3,(H,25,26)/t13-,16+/m0/s1. The second kappa shape index (κ2) is 8.54. The number of carbonyl (C=O) groups excluding carboxylic acids is 1. The Balaban J connectivity index is 1.87.